The number of rotatable bonds is 4. The summed E-state index contributed by atoms with van der Waals surface area (Å²) in [4.78, 5) is 23.6. The molecule has 0 bridgehead atoms. The molecule has 0 saturated heterocycles. The van der Waals surface area contributed by atoms with E-state index in [0.717, 1.165) is 6.26 Å². The molecule has 0 unspecified atom stereocenters. The van der Waals surface area contributed by atoms with Crippen molar-refractivity contribution in [3.63, 3.8) is 0 Å². The van der Waals surface area contributed by atoms with E-state index >= 15 is 0 Å². The van der Waals surface area contributed by atoms with Crippen LogP contribution in [0.15, 0.2) is 18.2 Å². The number of esters is 1. The maximum atomic E-state index is 12.1. The summed E-state index contributed by atoms with van der Waals surface area (Å²) in [7, 11) is -2.26. The number of nitrogens with one attached hydrogen (secondary N) is 1. The third kappa shape index (κ3) is 3.60. The Balaban J connectivity index is 3.03. The molecule has 0 aliphatic heterocycles. The van der Waals surface area contributed by atoms with Crippen LogP contribution in [-0.2, 0) is 19.4 Å². The van der Waals surface area contributed by atoms with E-state index in [1.54, 1.807) is 13.0 Å². The highest BCUT2D eigenvalue weighted by Crippen LogP contribution is 2.20. The summed E-state index contributed by atoms with van der Waals surface area (Å²) in [5.41, 5.74) is 1.43. The van der Waals surface area contributed by atoms with Crippen LogP contribution in [0.1, 0.15) is 29.8 Å². The van der Waals surface area contributed by atoms with Crippen LogP contribution in [0.25, 0.3) is 0 Å². The molecule has 7 heteroatoms. The monoisotopic (exact) mass is 313 g/mol. The van der Waals surface area contributed by atoms with Crippen LogP contribution >= 0.6 is 0 Å². The molecule has 1 aromatic carbocycles. The molecule has 0 aromatic heterocycles. The topological polar surface area (TPSA) is 89.5 Å². The molecule has 0 atom stereocenters. The van der Waals surface area contributed by atoms with Gasteiger partial charge in [-0.15, -0.1) is 0 Å². The molecule has 0 fully saturated rings. The largest absolute Gasteiger partial charge is 0.465 e. The lowest BCUT2D eigenvalue weighted by Gasteiger charge is -2.21. The van der Waals surface area contributed by atoms with Gasteiger partial charge in [-0.3, -0.25) is 4.79 Å². The zero-order valence-corrected chi connectivity index (χ0v) is 13.5. The Hall–Kier alpha value is -1.89. The lowest BCUT2D eigenvalue weighted by atomic mass is 10.1. The molecule has 0 saturated carbocycles. The van der Waals surface area contributed by atoms with Gasteiger partial charge in [-0.25, -0.2) is 13.2 Å². The number of amides is 1. The molecule has 0 spiro atoms. The van der Waals surface area contributed by atoms with Crippen molar-refractivity contribution < 1.29 is 22.7 Å². The highest BCUT2D eigenvalue weighted by atomic mass is 32.2. The predicted molar refractivity (Wildman–Crippen MR) is 80.1 cm³/mol. The fourth-order valence-corrected chi connectivity index (χ4v) is 1.92. The maximum absolute atomic E-state index is 12.1. The Morgan fingerprint density at radius 1 is 1.24 bits per heavy atom. The normalized spacial score (nSPS) is 11.9. The lowest BCUT2D eigenvalue weighted by molar-refractivity contribution is -0.117. The first kappa shape index (κ1) is 17.2. The zero-order chi connectivity index (χ0) is 16.4. The second-order valence-corrected chi connectivity index (χ2v) is 7.82. The molecule has 116 valence electrons. The molecular formula is C14H19NO5S. The molecule has 1 N–H and O–H groups in total. The summed E-state index contributed by atoms with van der Waals surface area (Å²) < 4.78 is 26.3. The molecule has 0 aliphatic rings. The van der Waals surface area contributed by atoms with Crippen LogP contribution in [0.3, 0.4) is 0 Å². The fraction of sp³-hybridized carbons (Fsp3) is 0.429. The van der Waals surface area contributed by atoms with Gasteiger partial charge in [-0.1, -0.05) is 0 Å². The van der Waals surface area contributed by atoms with E-state index < -0.39 is 26.5 Å². The Kier molecular flexibility index (Phi) is 4.78. The van der Waals surface area contributed by atoms with Crippen molar-refractivity contribution in [1.29, 1.82) is 0 Å². The number of aryl methyl sites for hydroxylation is 1. The quantitative estimate of drug-likeness (QED) is 0.852. The van der Waals surface area contributed by atoms with Gasteiger partial charge in [0.2, 0.25) is 5.91 Å². The average Bonchev–Trinajstić information content (AvgIpc) is 2.36. The predicted octanol–water partition coefficient (Wildman–Crippen LogP) is 1.54. The number of sulfone groups is 1. The summed E-state index contributed by atoms with van der Waals surface area (Å²) >= 11 is 0. The second kappa shape index (κ2) is 5.85. The van der Waals surface area contributed by atoms with Gasteiger partial charge in [0.15, 0.2) is 9.84 Å². The Morgan fingerprint density at radius 2 is 1.81 bits per heavy atom. The molecule has 0 heterocycles. The standard InChI is InChI=1S/C14H19NO5S/c1-9-8-10(6-7-11(9)12(16)20-4)15-13(17)14(2,3)21(5,18)19/h6-8H,1-5H3,(H,15,17). The summed E-state index contributed by atoms with van der Waals surface area (Å²) in [5.74, 6) is -1.10. The van der Waals surface area contributed by atoms with Gasteiger partial charge in [-0.05, 0) is 44.5 Å². The van der Waals surface area contributed by atoms with Crippen molar-refractivity contribution in [2.75, 3.05) is 18.7 Å². The van der Waals surface area contributed by atoms with E-state index in [9.17, 15) is 18.0 Å². The number of benzene rings is 1. The van der Waals surface area contributed by atoms with E-state index in [0.29, 0.717) is 16.8 Å². The SMILES string of the molecule is COC(=O)c1ccc(NC(=O)C(C)(C)S(C)(=O)=O)cc1C. The number of anilines is 1. The molecule has 21 heavy (non-hydrogen) atoms. The maximum Gasteiger partial charge on any atom is 0.338 e. The molecule has 1 amide bonds. The third-order valence-electron chi connectivity index (χ3n) is 3.36. The van der Waals surface area contributed by atoms with Gasteiger partial charge in [0.1, 0.15) is 4.75 Å². The van der Waals surface area contributed by atoms with Gasteiger partial charge in [0.05, 0.1) is 12.7 Å². The van der Waals surface area contributed by atoms with Crippen molar-refractivity contribution in [3.05, 3.63) is 29.3 Å². The molecule has 1 rings (SSSR count). The number of ether oxygens (including phenoxy) is 1. The first-order chi connectivity index (χ1) is 9.50. The van der Waals surface area contributed by atoms with E-state index in [2.05, 4.69) is 10.1 Å². The molecule has 6 nitrogen and oxygen atoms in total. The van der Waals surface area contributed by atoms with Gasteiger partial charge < -0.3 is 10.1 Å². The summed E-state index contributed by atoms with van der Waals surface area (Å²) in [6, 6.07) is 4.63. The van der Waals surface area contributed by atoms with Crippen molar-refractivity contribution in [2.24, 2.45) is 0 Å². The van der Waals surface area contributed by atoms with Gasteiger partial charge in [0.25, 0.3) is 0 Å². The minimum Gasteiger partial charge on any atom is -0.465 e. The summed E-state index contributed by atoms with van der Waals surface area (Å²) in [5, 5.41) is 2.54. The van der Waals surface area contributed by atoms with Gasteiger partial charge >= 0.3 is 5.97 Å². The van der Waals surface area contributed by atoms with Crippen LogP contribution in [0.4, 0.5) is 5.69 Å². The van der Waals surface area contributed by atoms with E-state index in [1.165, 1.54) is 33.1 Å². The first-order valence-corrected chi connectivity index (χ1v) is 8.10. The smallest absolute Gasteiger partial charge is 0.338 e. The van der Waals surface area contributed by atoms with Gasteiger partial charge in [-0.2, -0.15) is 0 Å². The van der Waals surface area contributed by atoms with Crippen LogP contribution in [0.2, 0.25) is 0 Å². The van der Waals surface area contributed by atoms with Crippen molar-refractivity contribution >= 4 is 27.4 Å². The van der Waals surface area contributed by atoms with Crippen molar-refractivity contribution in [3.8, 4) is 0 Å². The molecule has 0 aliphatic carbocycles. The number of hydrogen-bond acceptors (Lipinski definition) is 5. The average molecular weight is 313 g/mol. The van der Waals surface area contributed by atoms with Crippen molar-refractivity contribution in [2.45, 2.75) is 25.5 Å². The lowest BCUT2D eigenvalue weighted by Crippen LogP contribution is -2.43. The molecule has 1 aromatic rings. The Bertz CT molecular complexity index is 677. The Labute approximate surface area is 124 Å². The van der Waals surface area contributed by atoms with Crippen molar-refractivity contribution in [1.82, 2.24) is 0 Å². The number of carbonyl (C=O) groups is 2. The number of carbonyl (C=O) groups excluding carboxylic acids is 2. The third-order valence-corrected chi connectivity index (χ3v) is 5.40. The van der Waals surface area contributed by atoms with E-state index in [4.69, 9.17) is 0 Å². The van der Waals surface area contributed by atoms with Crippen LogP contribution in [0.5, 0.6) is 0 Å². The molecule has 0 radical (unpaired) electrons. The minimum atomic E-state index is -3.54. The first-order valence-electron chi connectivity index (χ1n) is 6.20. The zero-order valence-electron chi connectivity index (χ0n) is 12.7. The number of methoxy groups -OCH3 is 1. The number of hydrogen-bond donors (Lipinski definition) is 1. The highest BCUT2D eigenvalue weighted by molar-refractivity contribution is 7.92. The summed E-state index contributed by atoms with van der Waals surface area (Å²) in [6.45, 7) is 4.38. The molecular weight excluding hydrogens is 294 g/mol. The van der Waals surface area contributed by atoms with Crippen LogP contribution < -0.4 is 5.32 Å². The Morgan fingerprint density at radius 3 is 2.24 bits per heavy atom. The summed E-state index contributed by atoms with van der Waals surface area (Å²) in [6.07, 6.45) is 1.01. The van der Waals surface area contributed by atoms with E-state index in [-0.39, 0.29) is 0 Å². The van der Waals surface area contributed by atoms with Gasteiger partial charge in [0, 0.05) is 11.9 Å². The fourth-order valence-electron chi connectivity index (χ4n) is 1.53. The van der Waals surface area contributed by atoms with Crippen LogP contribution in [-0.4, -0.2) is 38.4 Å². The minimum absolute atomic E-state index is 0.387. The van der Waals surface area contributed by atoms with Crippen LogP contribution in [0, 0.1) is 6.92 Å². The second-order valence-electron chi connectivity index (χ2n) is 5.26. The highest BCUT2D eigenvalue weighted by Gasteiger charge is 2.38. The van der Waals surface area contributed by atoms with E-state index in [1.807, 2.05) is 0 Å².